The summed E-state index contributed by atoms with van der Waals surface area (Å²) in [6.07, 6.45) is 7.48. The van der Waals surface area contributed by atoms with Crippen LogP contribution >= 0.6 is 0 Å². The van der Waals surface area contributed by atoms with E-state index in [0.29, 0.717) is 13.2 Å². The van der Waals surface area contributed by atoms with E-state index < -0.39 is 0 Å². The highest BCUT2D eigenvalue weighted by molar-refractivity contribution is 5.86. The molecule has 0 amide bonds. The molecule has 9 rings (SSSR count). The Balaban J connectivity index is 1.14. The molecule has 1 aliphatic rings. The van der Waals surface area contributed by atoms with E-state index in [2.05, 4.69) is 156 Å². The van der Waals surface area contributed by atoms with Gasteiger partial charge in [0, 0.05) is 35.9 Å². The molecule has 0 radical (unpaired) electrons. The second kappa shape index (κ2) is 13.5. The Labute approximate surface area is 298 Å². The van der Waals surface area contributed by atoms with Crippen LogP contribution in [-0.4, -0.2) is 9.97 Å². The van der Waals surface area contributed by atoms with Crippen molar-refractivity contribution in [1.29, 1.82) is 0 Å². The molecule has 0 fully saturated rings. The lowest BCUT2D eigenvalue weighted by atomic mass is 9.88. The fourth-order valence-electron chi connectivity index (χ4n) is 7.14. The highest BCUT2D eigenvalue weighted by atomic mass is 16.5. The minimum Gasteiger partial charge on any atom is -0.372 e. The number of fused-ring (bicyclic) bond motifs is 3. The Morgan fingerprint density at radius 3 is 1.29 bits per heavy atom. The van der Waals surface area contributed by atoms with Crippen LogP contribution in [0.25, 0.3) is 77.9 Å². The first-order chi connectivity index (χ1) is 25.2. The van der Waals surface area contributed by atoms with Crippen molar-refractivity contribution in [3.8, 4) is 77.9 Å². The van der Waals surface area contributed by atoms with Crippen molar-refractivity contribution in [2.24, 2.45) is 0 Å². The Bertz CT molecular complexity index is 2360. The van der Waals surface area contributed by atoms with E-state index in [1.165, 1.54) is 55.6 Å². The van der Waals surface area contributed by atoms with Crippen LogP contribution in [0.4, 0.5) is 0 Å². The fourth-order valence-corrected chi connectivity index (χ4v) is 7.14. The van der Waals surface area contributed by atoms with Gasteiger partial charge in [0.05, 0.1) is 13.2 Å². The molecule has 3 nitrogen and oxygen atoms in total. The fraction of sp³-hybridized carbons (Fsp3) is 0.0417. The first-order valence-corrected chi connectivity index (χ1v) is 17.3. The van der Waals surface area contributed by atoms with Crippen molar-refractivity contribution < 1.29 is 4.74 Å². The molecule has 0 spiro atoms. The molecule has 0 saturated heterocycles. The van der Waals surface area contributed by atoms with Crippen LogP contribution in [0, 0.1) is 0 Å². The number of aromatic nitrogens is 2. The number of pyridine rings is 2. The zero-order valence-corrected chi connectivity index (χ0v) is 28.0. The molecule has 3 heterocycles. The summed E-state index contributed by atoms with van der Waals surface area (Å²) in [6.45, 7) is 1.12. The quantitative estimate of drug-likeness (QED) is 0.179. The van der Waals surface area contributed by atoms with Gasteiger partial charge < -0.3 is 4.74 Å². The van der Waals surface area contributed by atoms with E-state index >= 15 is 0 Å². The molecule has 51 heavy (non-hydrogen) atoms. The maximum atomic E-state index is 6.31. The van der Waals surface area contributed by atoms with Crippen LogP contribution < -0.4 is 0 Å². The van der Waals surface area contributed by atoms with Gasteiger partial charge in [0.2, 0.25) is 0 Å². The van der Waals surface area contributed by atoms with Gasteiger partial charge >= 0.3 is 0 Å². The predicted molar refractivity (Wildman–Crippen MR) is 209 cm³/mol. The molecule has 242 valence electrons. The molecule has 8 aromatic rings. The van der Waals surface area contributed by atoms with Gasteiger partial charge in [-0.1, -0.05) is 97.1 Å². The number of hydrogen-bond donors (Lipinski definition) is 0. The van der Waals surface area contributed by atoms with Crippen LogP contribution in [0.3, 0.4) is 0 Å². The van der Waals surface area contributed by atoms with Crippen molar-refractivity contribution >= 4 is 0 Å². The summed E-state index contributed by atoms with van der Waals surface area (Å²) in [5.41, 5.74) is 18.7. The average Bonchev–Trinajstić information content (AvgIpc) is 3.40. The molecule has 3 heteroatoms. The maximum Gasteiger partial charge on any atom is 0.0727 e. The summed E-state index contributed by atoms with van der Waals surface area (Å²) >= 11 is 0. The molecule has 1 aliphatic heterocycles. The van der Waals surface area contributed by atoms with Gasteiger partial charge in [-0.2, -0.15) is 0 Å². The lowest BCUT2D eigenvalue weighted by Crippen LogP contribution is -1.92. The van der Waals surface area contributed by atoms with Gasteiger partial charge in [0.25, 0.3) is 0 Å². The zero-order chi connectivity index (χ0) is 34.0. The smallest absolute Gasteiger partial charge is 0.0727 e. The number of hydrogen-bond acceptors (Lipinski definition) is 3. The second-order valence-corrected chi connectivity index (χ2v) is 13.1. The number of ether oxygens (including phenoxy) is 1. The van der Waals surface area contributed by atoms with E-state index in [1.807, 2.05) is 36.9 Å². The Kier molecular flexibility index (Phi) is 8.09. The van der Waals surface area contributed by atoms with Crippen LogP contribution in [0.1, 0.15) is 11.1 Å². The van der Waals surface area contributed by atoms with Crippen molar-refractivity contribution in [1.82, 2.24) is 9.97 Å². The highest BCUT2D eigenvalue weighted by Gasteiger charge is 2.18. The topological polar surface area (TPSA) is 35.0 Å². The van der Waals surface area contributed by atoms with E-state index in [-0.39, 0.29) is 0 Å². The summed E-state index contributed by atoms with van der Waals surface area (Å²) in [6, 6.07) is 56.8. The van der Waals surface area contributed by atoms with Gasteiger partial charge in [-0.25, -0.2) is 0 Å². The van der Waals surface area contributed by atoms with Crippen LogP contribution in [0.2, 0.25) is 0 Å². The third kappa shape index (κ3) is 6.27. The molecule has 0 unspecified atom stereocenters. The standard InChI is InChI=1S/C48H34N2O/c1-3-9-33(10-4-1)40-22-41(34-11-5-2-6-12-34)24-42(23-40)35-17-18-47-46(21-35)32-51-31-39-16-15-36(28-48(39)47)43-25-44(37-13-7-19-49-29-37)27-45(26-43)38-14-8-20-50-30-38/h1-30H,31-32H2. The van der Waals surface area contributed by atoms with E-state index in [0.717, 1.165) is 33.4 Å². The van der Waals surface area contributed by atoms with Gasteiger partial charge in [-0.05, 0) is 139 Å². The summed E-state index contributed by atoms with van der Waals surface area (Å²) in [5.74, 6) is 0. The monoisotopic (exact) mass is 654 g/mol. The number of benzene rings is 6. The molecule has 0 atom stereocenters. The Hall–Kier alpha value is -6.42. The zero-order valence-electron chi connectivity index (χ0n) is 28.0. The van der Waals surface area contributed by atoms with Crippen molar-refractivity contribution in [3.05, 3.63) is 194 Å². The van der Waals surface area contributed by atoms with Crippen molar-refractivity contribution in [2.45, 2.75) is 13.2 Å². The maximum absolute atomic E-state index is 6.31. The third-order valence-corrected chi connectivity index (χ3v) is 9.76. The molecule has 2 aromatic heterocycles. The lowest BCUT2D eigenvalue weighted by molar-refractivity contribution is 0.110. The first kappa shape index (κ1) is 30.6. The summed E-state index contributed by atoms with van der Waals surface area (Å²) in [5, 5.41) is 0. The highest BCUT2D eigenvalue weighted by Crippen LogP contribution is 2.40. The largest absolute Gasteiger partial charge is 0.372 e. The lowest BCUT2D eigenvalue weighted by Gasteiger charge is -2.15. The molecule has 0 bridgehead atoms. The number of rotatable bonds is 6. The second-order valence-electron chi connectivity index (χ2n) is 13.1. The Morgan fingerprint density at radius 1 is 0.314 bits per heavy atom. The van der Waals surface area contributed by atoms with Crippen LogP contribution in [-0.2, 0) is 18.0 Å². The summed E-state index contributed by atoms with van der Waals surface area (Å²) in [4.78, 5) is 8.80. The molecular formula is C48H34N2O. The van der Waals surface area contributed by atoms with Gasteiger partial charge in [0.1, 0.15) is 0 Å². The van der Waals surface area contributed by atoms with E-state index in [4.69, 9.17) is 4.74 Å². The molecule has 0 saturated carbocycles. The van der Waals surface area contributed by atoms with Crippen LogP contribution in [0.5, 0.6) is 0 Å². The molecule has 0 N–H and O–H groups in total. The SMILES string of the molecule is c1ccc(-c2cc(-c3ccccc3)cc(-c3ccc4c(c3)COCc3ccc(-c5cc(-c6cccnc6)cc(-c6cccnc6)c5)cc3-4)c2)cc1. The normalized spacial score (nSPS) is 12.1. The van der Waals surface area contributed by atoms with Crippen molar-refractivity contribution in [3.63, 3.8) is 0 Å². The van der Waals surface area contributed by atoms with Gasteiger partial charge in [-0.15, -0.1) is 0 Å². The van der Waals surface area contributed by atoms with Crippen LogP contribution in [0.15, 0.2) is 183 Å². The Morgan fingerprint density at radius 2 is 0.765 bits per heavy atom. The van der Waals surface area contributed by atoms with E-state index in [9.17, 15) is 0 Å². The number of nitrogens with zero attached hydrogens (tertiary/aromatic N) is 2. The molecule has 0 aliphatic carbocycles. The van der Waals surface area contributed by atoms with Crippen molar-refractivity contribution in [2.75, 3.05) is 0 Å². The first-order valence-electron chi connectivity index (χ1n) is 17.3. The molecular weight excluding hydrogens is 621 g/mol. The summed E-state index contributed by atoms with van der Waals surface area (Å²) in [7, 11) is 0. The third-order valence-electron chi connectivity index (χ3n) is 9.76. The predicted octanol–water partition coefficient (Wildman–Crippen LogP) is 12.2. The van der Waals surface area contributed by atoms with Gasteiger partial charge in [-0.3, -0.25) is 9.97 Å². The minimum atomic E-state index is 0.554. The van der Waals surface area contributed by atoms with Gasteiger partial charge in [0.15, 0.2) is 0 Å². The van der Waals surface area contributed by atoms with E-state index in [1.54, 1.807) is 0 Å². The minimum absolute atomic E-state index is 0.554. The summed E-state index contributed by atoms with van der Waals surface area (Å²) < 4.78 is 6.31. The molecule has 6 aromatic carbocycles. The average molecular weight is 655 g/mol.